The van der Waals surface area contributed by atoms with Crippen molar-refractivity contribution in [3.63, 3.8) is 0 Å². The average molecular weight is 386 g/mol. The summed E-state index contributed by atoms with van der Waals surface area (Å²) in [7, 11) is 1.44. The lowest BCUT2D eigenvalue weighted by molar-refractivity contribution is -0.122. The van der Waals surface area contributed by atoms with Gasteiger partial charge >= 0.3 is 0 Å². The Kier molecular flexibility index (Phi) is 6.14. The van der Waals surface area contributed by atoms with Crippen molar-refractivity contribution >= 4 is 5.91 Å². The Morgan fingerprint density at radius 1 is 1.33 bits per heavy atom. The number of carbonyl (C=O) groups excluding carboxylic acids is 1. The number of carbonyl (C=O) groups is 1. The first-order chi connectivity index (χ1) is 12.9. The number of amides is 1. The zero-order chi connectivity index (χ0) is 19.4. The Hall–Kier alpha value is -1.96. The zero-order valence-electron chi connectivity index (χ0n) is 15.3. The summed E-state index contributed by atoms with van der Waals surface area (Å²) in [6.07, 6.45) is 1.72. The van der Waals surface area contributed by atoms with Crippen molar-refractivity contribution < 1.29 is 27.4 Å². The van der Waals surface area contributed by atoms with Crippen LogP contribution in [0.3, 0.4) is 0 Å². The molecule has 5 nitrogen and oxygen atoms in total. The van der Waals surface area contributed by atoms with E-state index < -0.39 is 11.7 Å². The van der Waals surface area contributed by atoms with E-state index in [1.165, 1.54) is 19.2 Å². The average Bonchev–Trinajstić information content (AvgIpc) is 3.28. The lowest BCUT2D eigenvalue weighted by Gasteiger charge is -2.16. The van der Waals surface area contributed by atoms with Gasteiger partial charge in [0.2, 0.25) is 11.8 Å². The number of alkyl halides is 2. The van der Waals surface area contributed by atoms with Crippen LogP contribution in [0.25, 0.3) is 0 Å². The third-order valence-corrected chi connectivity index (χ3v) is 5.15. The van der Waals surface area contributed by atoms with Gasteiger partial charge in [-0.05, 0) is 37.8 Å². The highest BCUT2D eigenvalue weighted by Gasteiger charge is 2.39. The molecule has 0 aromatic heterocycles. The SMILES string of the molecule is COc1cc(OCC2CCC(F)(F)C2)c(F)cc1CNC(=O)C1CCCN1. The molecule has 0 bridgehead atoms. The third-order valence-electron chi connectivity index (χ3n) is 5.15. The van der Waals surface area contributed by atoms with Crippen LogP contribution < -0.4 is 20.1 Å². The van der Waals surface area contributed by atoms with Gasteiger partial charge in [0.1, 0.15) is 5.75 Å². The van der Waals surface area contributed by atoms with Crippen molar-refractivity contribution in [2.24, 2.45) is 5.92 Å². The van der Waals surface area contributed by atoms with Crippen molar-refractivity contribution in [2.45, 2.75) is 50.6 Å². The molecule has 1 aromatic rings. The van der Waals surface area contributed by atoms with Gasteiger partial charge in [0.25, 0.3) is 0 Å². The first-order valence-corrected chi connectivity index (χ1v) is 9.26. The normalized spacial score (nSPS) is 24.0. The van der Waals surface area contributed by atoms with Gasteiger partial charge in [-0.2, -0.15) is 0 Å². The van der Waals surface area contributed by atoms with Gasteiger partial charge in [-0.25, -0.2) is 13.2 Å². The molecular formula is C19H25F3N2O3. The zero-order valence-corrected chi connectivity index (χ0v) is 15.3. The summed E-state index contributed by atoms with van der Waals surface area (Å²) in [5.41, 5.74) is 0.487. The molecule has 1 aromatic carbocycles. The molecule has 1 aliphatic carbocycles. The number of nitrogens with one attached hydrogen (secondary N) is 2. The maximum atomic E-state index is 14.4. The fourth-order valence-corrected chi connectivity index (χ4v) is 3.62. The van der Waals surface area contributed by atoms with Gasteiger partial charge in [-0.15, -0.1) is 0 Å². The van der Waals surface area contributed by atoms with E-state index in [1.807, 2.05) is 0 Å². The molecular weight excluding hydrogens is 361 g/mol. The van der Waals surface area contributed by atoms with Crippen molar-refractivity contribution in [3.05, 3.63) is 23.5 Å². The standard InChI is InChI=1S/C19H25F3N2O3/c1-26-16-8-17(27-11-12-4-5-19(21,22)9-12)14(20)7-13(16)10-24-18(25)15-3-2-6-23-15/h7-8,12,15,23H,2-6,9-11H2,1H3,(H,24,25). The predicted octanol–water partition coefficient (Wildman–Crippen LogP) is 3.02. The second-order valence-electron chi connectivity index (χ2n) is 7.24. The number of rotatable bonds is 7. The molecule has 2 unspecified atom stereocenters. The summed E-state index contributed by atoms with van der Waals surface area (Å²) in [4.78, 5) is 12.1. The molecule has 1 amide bonds. The van der Waals surface area contributed by atoms with Crippen LogP contribution in [-0.4, -0.2) is 38.1 Å². The first-order valence-electron chi connectivity index (χ1n) is 9.26. The molecule has 2 aliphatic rings. The maximum absolute atomic E-state index is 14.4. The van der Waals surface area contributed by atoms with Crippen LogP contribution in [0.2, 0.25) is 0 Å². The van der Waals surface area contributed by atoms with Crippen molar-refractivity contribution in [1.29, 1.82) is 0 Å². The molecule has 2 atom stereocenters. The number of methoxy groups -OCH3 is 1. The molecule has 2 N–H and O–H groups in total. The van der Waals surface area contributed by atoms with Crippen LogP contribution in [-0.2, 0) is 11.3 Å². The van der Waals surface area contributed by atoms with Gasteiger partial charge in [-0.3, -0.25) is 4.79 Å². The molecule has 1 aliphatic heterocycles. The van der Waals surface area contributed by atoms with Crippen molar-refractivity contribution in [2.75, 3.05) is 20.3 Å². The second kappa shape index (κ2) is 8.37. The Labute approximate surface area is 156 Å². The molecule has 27 heavy (non-hydrogen) atoms. The molecule has 3 rings (SSSR count). The van der Waals surface area contributed by atoms with Gasteiger partial charge in [0.15, 0.2) is 11.6 Å². The predicted molar refractivity (Wildman–Crippen MR) is 93.6 cm³/mol. The molecule has 0 radical (unpaired) electrons. The number of benzene rings is 1. The number of ether oxygens (including phenoxy) is 2. The Balaban J connectivity index is 1.59. The fraction of sp³-hybridized carbons (Fsp3) is 0.632. The van der Waals surface area contributed by atoms with Crippen LogP contribution in [0.15, 0.2) is 12.1 Å². The summed E-state index contributed by atoms with van der Waals surface area (Å²) in [5, 5.41) is 5.88. The Morgan fingerprint density at radius 2 is 2.15 bits per heavy atom. The van der Waals surface area contributed by atoms with E-state index in [0.29, 0.717) is 17.7 Å². The van der Waals surface area contributed by atoms with Crippen LogP contribution in [0.4, 0.5) is 13.2 Å². The monoisotopic (exact) mass is 386 g/mol. The van der Waals surface area contributed by atoms with Crippen LogP contribution in [0.5, 0.6) is 11.5 Å². The quantitative estimate of drug-likeness (QED) is 0.756. The van der Waals surface area contributed by atoms with E-state index in [2.05, 4.69) is 10.6 Å². The Morgan fingerprint density at radius 3 is 2.78 bits per heavy atom. The molecule has 1 saturated carbocycles. The van der Waals surface area contributed by atoms with Crippen LogP contribution in [0.1, 0.15) is 37.7 Å². The molecule has 150 valence electrons. The number of halogens is 3. The van der Waals surface area contributed by atoms with E-state index in [-0.39, 0.29) is 49.6 Å². The van der Waals surface area contributed by atoms with Crippen molar-refractivity contribution in [1.82, 2.24) is 10.6 Å². The lowest BCUT2D eigenvalue weighted by Crippen LogP contribution is -2.40. The van der Waals surface area contributed by atoms with E-state index in [1.54, 1.807) is 0 Å². The van der Waals surface area contributed by atoms with E-state index >= 15 is 0 Å². The topological polar surface area (TPSA) is 59.6 Å². The fourth-order valence-electron chi connectivity index (χ4n) is 3.62. The number of hydrogen-bond acceptors (Lipinski definition) is 4. The summed E-state index contributed by atoms with van der Waals surface area (Å²) < 4.78 is 51.6. The highest BCUT2D eigenvalue weighted by atomic mass is 19.3. The van der Waals surface area contributed by atoms with Gasteiger partial charge in [0, 0.05) is 31.0 Å². The van der Waals surface area contributed by atoms with E-state index in [9.17, 15) is 18.0 Å². The van der Waals surface area contributed by atoms with Crippen LogP contribution in [0, 0.1) is 11.7 Å². The molecule has 2 fully saturated rings. The minimum Gasteiger partial charge on any atom is -0.496 e. The summed E-state index contributed by atoms with van der Waals surface area (Å²) in [6, 6.07) is 2.44. The smallest absolute Gasteiger partial charge is 0.248 e. The summed E-state index contributed by atoms with van der Waals surface area (Å²) >= 11 is 0. The van der Waals surface area contributed by atoms with E-state index in [0.717, 1.165) is 19.4 Å². The molecule has 1 heterocycles. The Bertz CT molecular complexity index is 678. The second-order valence-corrected chi connectivity index (χ2v) is 7.24. The minimum atomic E-state index is -2.65. The third kappa shape index (κ3) is 5.06. The summed E-state index contributed by atoms with van der Waals surface area (Å²) in [6.45, 7) is 0.986. The van der Waals surface area contributed by atoms with Gasteiger partial charge in [0.05, 0.1) is 19.8 Å². The van der Waals surface area contributed by atoms with Gasteiger partial charge < -0.3 is 20.1 Å². The maximum Gasteiger partial charge on any atom is 0.248 e. The van der Waals surface area contributed by atoms with Crippen LogP contribution >= 0.6 is 0 Å². The summed E-state index contributed by atoms with van der Waals surface area (Å²) in [5.74, 6) is -3.33. The molecule has 8 heteroatoms. The number of hydrogen-bond donors (Lipinski definition) is 2. The highest BCUT2D eigenvalue weighted by Crippen LogP contribution is 2.39. The first kappa shape index (κ1) is 19.8. The van der Waals surface area contributed by atoms with E-state index in [4.69, 9.17) is 9.47 Å². The molecule has 0 spiro atoms. The van der Waals surface area contributed by atoms with Gasteiger partial charge in [-0.1, -0.05) is 0 Å². The van der Waals surface area contributed by atoms with Crippen molar-refractivity contribution in [3.8, 4) is 11.5 Å². The molecule has 1 saturated heterocycles. The lowest BCUT2D eigenvalue weighted by atomic mass is 10.1. The minimum absolute atomic E-state index is 0.0328. The highest BCUT2D eigenvalue weighted by molar-refractivity contribution is 5.82. The largest absolute Gasteiger partial charge is 0.496 e.